The van der Waals surface area contributed by atoms with Crippen molar-refractivity contribution >= 4 is 9.84 Å². The second-order valence-corrected chi connectivity index (χ2v) is 8.31. The van der Waals surface area contributed by atoms with Crippen molar-refractivity contribution in [3.05, 3.63) is 0 Å². The highest BCUT2D eigenvalue weighted by Crippen LogP contribution is 2.30. The number of sulfone groups is 1. The third-order valence-electron chi connectivity index (χ3n) is 3.99. The van der Waals surface area contributed by atoms with Gasteiger partial charge < -0.3 is 10.2 Å². The minimum absolute atomic E-state index is 0.157. The SMILES string of the molecule is CC(C)N(CCC1CS(=O)(=O)CCN1)CC1CC1. The molecular weight excluding hydrogens is 248 g/mol. The van der Waals surface area contributed by atoms with E-state index in [0.717, 1.165) is 18.9 Å². The van der Waals surface area contributed by atoms with E-state index in [0.29, 0.717) is 24.1 Å². The molecule has 1 unspecified atom stereocenters. The summed E-state index contributed by atoms with van der Waals surface area (Å²) in [4.78, 5) is 2.50. The molecule has 0 aromatic carbocycles. The average molecular weight is 274 g/mol. The molecule has 0 bridgehead atoms. The number of hydrogen-bond acceptors (Lipinski definition) is 4. The Hall–Kier alpha value is -0.130. The van der Waals surface area contributed by atoms with Crippen LogP contribution >= 0.6 is 0 Å². The van der Waals surface area contributed by atoms with Crippen molar-refractivity contribution in [2.75, 3.05) is 31.1 Å². The first-order valence-electron chi connectivity index (χ1n) is 7.14. The molecule has 18 heavy (non-hydrogen) atoms. The van der Waals surface area contributed by atoms with E-state index in [-0.39, 0.29) is 6.04 Å². The first-order valence-corrected chi connectivity index (χ1v) is 8.96. The second-order valence-electron chi connectivity index (χ2n) is 6.09. The zero-order valence-corrected chi connectivity index (χ0v) is 12.4. The summed E-state index contributed by atoms with van der Waals surface area (Å²) in [5.41, 5.74) is 0. The van der Waals surface area contributed by atoms with E-state index in [2.05, 4.69) is 24.1 Å². The zero-order valence-electron chi connectivity index (χ0n) is 11.6. The van der Waals surface area contributed by atoms with Crippen molar-refractivity contribution in [2.45, 2.75) is 45.2 Å². The summed E-state index contributed by atoms with van der Waals surface area (Å²) >= 11 is 0. The van der Waals surface area contributed by atoms with Gasteiger partial charge in [0.25, 0.3) is 0 Å². The molecule has 0 aromatic rings. The Bertz CT molecular complexity index is 363. The van der Waals surface area contributed by atoms with Gasteiger partial charge in [0.1, 0.15) is 0 Å². The predicted octanol–water partition coefficient (Wildman–Crippen LogP) is 0.884. The zero-order chi connectivity index (χ0) is 13.2. The molecule has 1 aliphatic heterocycles. The molecule has 5 heteroatoms. The quantitative estimate of drug-likeness (QED) is 0.781. The lowest BCUT2D eigenvalue weighted by atomic mass is 10.2. The van der Waals surface area contributed by atoms with Gasteiger partial charge in [-0.25, -0.2) is 8.42 Å². The summed E-state index contributed by atoms with van der Waals surface area (Å²) in [5, 5.41) is 3.33. The molecule has 1 saturated carbocycles. The van der Waals surface area contributed by atoms with E-state index >= 15 is 0 Å². The summed E-state index contributed by atoms with van der Waals surface area (Å²) in [6.07, 6.45) is 3.70. The summed E-state index contributed by atoms with van der Waals surface area (Å²) in [5.74, 6) is 1.53. The van der Waals surface area contributed by atoms with Gasteiger partial charge in [-0.1, -0.05) is 0 Å². The molecule has 1 atom stereocenters. The van der Waals surface area contributed by atoms with Gasteiger partial charge in [0.2, 0.25) is 0 Å². The topological polar surface area (TPSA) is 49.4 Å². The van der Waals surface area contributed by atoms with Crippen LogP contribution in [0, 0.1) is 5.92 Å². The lowest BCUT2D eigenvalue weighted by Gasteiger charge is -2.30. The molecule has 1 heterocycles. The maximum atomic E-state index is 11.6. The highest BCUT2D eigenvalue weighted by atomic mass is 32.2. The summed E-state index contributed by atoms with van der Waals surface area (Å²) in [6, 6.07) is 0.718. The molecule has 106 valence electrons. The van der Waals surface area contributed by atoms with Crippen LogP contribution in [0.15, 0.2) is 0 Å². The van der Waals surface area contributed by atoms with E-state index in [1.165, 1.54) is 19.4 Å². The Kier molecular flexibility index (Phi) is 4.67. The van der Waals surface area contributed by atoms with Crippen LogP contribution in [0.25, 0.3) is 0 Å². The number of nitrogens with zero attached hydrogens (tertiary/aromatic N) is 1. The van der Waals surface area contributed by atoms with Gasteiger partial charge in [-0.3, -0.25) is 0 Å². The standard InChI is InChI=1S/C13H26N2O2S/c1-11(2)15(9-12-3-4-12)7-5-13-10-18(16,17)8-6-14-13/h11-14H,3-10H2,1-2H3. The molecule has 1 saturated heterocycles. The van der Waals surface area contributed by atoms with Gasteiger partial charge in [-0.2, -0.15) is 0 Å². The van der Waals surface area contributed by atoms with Gasteiger partial charge in [0, 0.05) is 25.2 Å². The van der Waals surface area contributed by atoms with Gasteiger partial charge in [0.15, 0.2) is 9.84 Å². The van der Waals surface area contributed by atoms with Gasteiger partial charge in [0.05, 0.1) is 11.5 Å². The highest BCUT2D eigenvalue weighted by molar-refractivity contribution is 7.91. The van der Waals surface area contributed by atoms with Gasteiger partial charge in [-0.05, 0) is 45.6 Å². The fraction of sp³-hybridized carbons (Fsp3) is 1.00. The maximum absolute atomic E-state index is 11.6. The van der Waals surface area contributed by atoms with Gasteiger partial charge in [-0.15, -0.1) is 0 Å². The maximum Gasteiger partial charge on any atom is 0.153 e. The number of nitrogens with one attached hydrogen (secondary N) is 1. The van der Waals surface area contributed by atoms with E-state index in [1.807, 2.05) is 0 Å². The van der Waals surface area contributed by atoms with Crippen molar-refractivity contribution in [1.29, 1.82) is 0 Å². The van der Waals surface area contributed by atoms with Crippen molar-refractivity contribution in [3.8, 4) is 0 Å². The molecule has 4 nitrogen and oxygen atoms in total. The largest absolute Gasteiger partial charge is 0.312 e. The third-order valence-corrected chi connectivity index (χ3v) is 5.72. The van der Waals surface area contributed by atoms with Crippen LogP contribution in [0.1, 0.15) is 33.1 Å². The van der Waals surface area contributed by atoms with Crippen molar-refractivity contribution in [3.63, 3.8) is 0 Å². The monoisotopic (exact) mass is 274 g/mol. The fourth-order valence-electron chi connectivity index (χ4n) is 2.57. The first-order chi connectivity index (χ1) is 8.46. The predicted molar refractivity (Wildman–Crippen MR) is 74.5 cm³/mol. The van der Waals surface area contributed by atoms with Crippen LogP contribution in [0.2, 0.25) is 0 Å². The van der Waals surface area contributed by atoms with Crippen molar-refractivity contribution in [1.82, 2.24) is 10.2 Å². The molecule has 1 aliphatic carbocycles. The Morgan fingerprint density at radius 1 is 1.33 bits per heavy atom. The Morgan fingerprint density at radius 2 is 2.06 bits per heavy atom. The molecule has 1 N–H and O–H groups in total. The molecule has 2 fully saturated rings. The lowest BCUT2D eigenvalue weighted by molar-refractivity contribution is 0.202. The van der Waals surface area contributed by atoms with E-state index in [9.17, 15) is 8.42 Å². The molecular formula is C13H26N2O2S. The fourth-order valence-corrected chi connectivity index (χ4v) is 4.06. The summed E-state index contributed by atoms with van der Waals surface area (Å²) < 4.78 is 23.1. The lowest BCUT2D eigenvalue weighted by Crippen LogP contribution is -2.47. The van der Waals surface area contributed by atoms with Crippen LogP contribution in [0.3, 0.4) is 0 Å². The highest BCUT2D eigenvalue weighted by Gasteiger charge is 2.27. The molecule has 0 amide bonds. The summed E-state index contributed by atoms with van der Waals surface area (Å²) in [7, 11) is -2.79. The Balaban J connectivity index is 1.77. The Morgan fingerprint density at radius 3 is 2.61 bits per heavy atom. The van der Waals surface area contributed by atoms with Crippen LogP contribution in [0.5, 0.6) is 0 Å². The molecule has 2 rings (SSSR count). The van der Waals surface area contributed by atoms with Crippen LogP contribution in [-0.2, 0) is 9.84 Å². The second kappa shape index (κ2) is 5.88. The number of hydrogen-bond donors (Lipinski definition) is 1. The van der Waals surface area contributed by atoms with Crippen LogP contribution < -0.4 is 5.32 Å². The smallest absolute Gasteiger partial charge is 0.153 e. The van der Waals surface area contributed by atoms with Crippen LogP contribution in [-0.4, -0.2) is 56.5 Å². The van der Waals surface area contributed by atoms with E-state index in [1.54, 1.807) is 0 Å². The van der Waals surface area contributed by atoms with Crippen LogP contribution in [0.4, 0.5) is 0 Å². The molecule has 0 radical (unpaired) electrons. The molecule has 2 aliphatic rings. The average Bonchev–Trinajstić information content (AvgIpc) is 3.06. The summed E-state index contributed by atoms with van der Waals surface area (Å²) in [6.45, 7) is 7.29. The van der Waals surface area contributed by atoms with Gasteiger partial charge >= 0.3 is 0 Å². The van der Waals surface area contributed by atoms with E-state index in [4.69, 9.17) is 0 Å². The normalized spacial score (nSPS) is 27.9. The molecule has 0 aromatic heterocycles. The minimum Gasteiger partial charge on any atom is -0.312 e. The Labute approximate surface area is 111 Å². The first kappa shape index (κ1) is 14.3. The molecule has 0 spiro atoms. The van der Waals surface area contributed by atoms with Crippen molar-refractivity contribution < 1.29 is 8.42 Å². The third kappa shape index (κ3) is 4.52. The van der Waals surface area contributed by atoms with Crippen molar-refractivity contribution in [2.24, 2.45) is 5.92 Å². The van der Waals surface area contributed by atoms with E-state index < -0.39 is 9.84 Å². The minimum atomic E-state index is -2.79. The number of rotatable bonds is 6.